The molecule has 0 aliphatic heterocycles. The highest BCUT2D eigenvalue weighted by Gasteiger charge is 2.34. The monoisotopic (exact) mass is 201 g/mol. The average Bonchev–Trinajstić information content (AvgIpc) is 2.15. The van der Waals surface area contributed by atoms with Crippen LogP contribution in [0.2, 0.25) is 0 Å². The highest BCUT2D eigenvalue weighted by atomic mass is 19.1. The normalized spacial score (nSPS) is 31.5. The summed E-state index contributed by atoms with van der Waals surface area (Å²) in [4.78, 5) is 0. The molecular formula is C12H24FN. The van der Waals surface area contributed by atoms with Crippen LogP contribution in [0.4, 0.5) is 4.39 Å². The van der Waals surface area contributed by atoms with Gasteiger partial charge in [-0.3, -0.25) is 0 Å². The number of nitrogens with two attached hydrogens (primary N) is 1. The van der Waals surface area contributed by atoms with Gasteiger partial charge in [0, 0.05) is 5.54 Å². The van der Waals surface area contributed by atoms with Crippen LogP contribution in [-0.4, -0.2) is 11.7 Å². The van der Waals surface area contributed by atoms with Crippen molar-refractivity contribution in [3.63, 3.8) is 0 Å². The molecule has 0 aromatic rings. The first-order valence-corrected chi connectivity index (χ1v) is 5.88. The maximum atomic E-state index is 13.9. The number of halogens is 1. The lowest BCUT2D eigenvalue weighted by molar-refractivity contribution is 0.0996. The van der Waals surface area contributed by atoms with Crippen LogP contribution in [0.25, 0.3) is 0 Å². The van der Waals surface area contributed by atoms with Gasteiger partial charge in [-0.15, -0.1) is 0 Å². The minimum Gasteiger partial charge on any atom is -0.323 e. The molecule has 0 saturated heterocycles. The fourth-order valence-electron chi connectivity index (χ4n) is 2.50. The lowest BCUT2D eigenvalue weighted by Gasteiger charge is -2.35. The van der Waals surface area contributed by atoms with Gasteiger partial charge in [0.15, 0.2) is 0 Å². The summed E-state index contributed by atoms with van der Waals surface area (Å²) < 4.78 is 13.9. The molecule has 84 valence electrons. The molecule has 1 aliphatic rings. The molecule has 1 rings (SSSR count). The lowest BCUT2D eigenvalue weighted by atomic mass is 9.75. The molecule has 0 aromatic heterocycles. The second-order valence-electron chi connectivity index (χ2n) is 5.41. The first-order valence-electron chi connectivity index (χ1n) is 5.88. The Bertz CT molecular complexity index is 166. The van der Waals surface area contributed by atoms with Crippen molar-refractivity contribution < 1.29 is 4.39 Å². The molecule has 1 nitrogen and oxygen atoms in total. The van der Waals surface area contributed by atoms with E-state index in [4.69, 9.17) is 5.73 Å². The average molecular weight is 201 g/mol. The molecular weight excluding hydrogens is 177 g/mol. The van der Waals surface area contributed by atoms with Gasteiger partial charge in [0.1, 0.15) is 6.17 Å². The Labute approximate surface area is 87.3 Å². The van der Waals surface area contributed by atoms with Gasteiger partial charge in [-0.1, -0.05) is 26.2 Å². The van der Waals surface area contributed by atoms with Gasteiger partial charge >= 0.3 is 0 Å². The molecule has 0 heterocycles. The van der Waals surface area contributed by atoms with Crippen molar-refractivity contribution in [2.45, 2.75) is 64.6 Å². The number of alkyl halides is 1. The molecule has 1 saturated carbocycles. The van der Waals surface area contributed by atoms with Crippen LogP contribution in [-0.2, 0) is 0 Å². The second kappa shape index (κ2) is 4.61. The van der Waals surface area contributed by atoms with E-state index in [1.54, 1.807) is 13.8 Å². The minimum absolute atomic E-state index is 0.206. The van der Waals surface area contributed by atoms with Crippen molar-refractivity contribution in [3.05, 3.63) is 0 Å². The van der Waals surface area contributed by atoms with E-state index >= 15 is 0 Å². The third kappa shape index (κ3) is 2.94. The molecule has 1 fully saturated rings. The SMILES string of the molecule is CCC1CCC(C(F)C(C)(C)N)CC1. The summed E-state index contributed by atoms with van der Waals surface area (Å²) in [6.45, 7) is 5.82. The Morgan fingerprint density at radius 2 is 1.79 bits per heavy atom. The van der Waals surface area contributed by atoms with Crippen molar-refractivity contribution in [1.82, 2.24) is 0 Å². The third-order valence-corrected chi connectivity index (χ3v) is 3.59. The predicted molar refractivity (Wildman–Crippen MR) is 58.9 cm³/mol. The fraction of sp³-hybridized carbons (Fsp3) is 1.00. The topological polar surface area (TPSA) is 26.0 Å². The number of rotatable bonds is 3. The van der Waals surface area contributed by atoms with E-state index in [9.17, 15) is 4.39 Å². The van der Waals surface area contributed by atoms with Crippen molar-refractivity contribution >= 4 is 0 Å². The molecule has 14 heavy (non-hydrogen) atoms. The van der Waals surface area contributed by atoms with Crippen LogP contribution in [0.3, 0.4) is 0 Å². The van der Waals surface area contributed by atoms with Crippen LogP contribution in [0.1, 0.15) is 52.9 Å². The standard InChI is InChI=1S/C12H24FN/c1-4-9-5-7-10(8-6-9)11(13)12(2,3)14/h9-11H,4-8,14H2,1-3H3. The van der Waals surface area contributed by atoms with Gasteiger partial charge in [-0.2, -0.15) is 0 Å². The molecule has 0 spiro atoms. The van der Waals surface area contributed by atoms with E-state index in [2.05, 4.69) is 6.92 Å². The van der Waals surface area contributed by atoms with E-state index in [-0.39, 0.29) is 5.92 Å². The Kier molecular flexibility index (Phi) is 3.94. The maximum absolute atomic E-state index is 13.9. The molecule has 2 N–H and O–H groups in total. The van der Waals surface area contributed by atoms with E-state index < -0.39 is 11.7 Å². The molecule has 2 heteroatoms. The number of hydrogen-bond donors (Lipinski definition) is 1. The molecule has 0 bridgehead atoms. The summed E-state index contributed by atoms with van der Waals surface area (Å²) in [5, 5.41) is 0. The second-order valence-corrected chi connectivity index (χ2v) is 5.41. The van der Waals surface area contributed by atoms with Crippen molar-refractivity contribution in [2.75, 3.05) is 0 Å². The van der Waals surface area contributed by atoms with E-state index in [0.29, 0.717) is 0 Å². The van der Waals surface area contributed by atoms with Gasteiger partial charge in [-0.25, -0.2) is 4.39 Å². The zero-order valence-electron chi connectivity index (χ0n) is 9.72. The van der Waals surface area contributed by atoms with E-state index in [1.807, 2.05) is 0 Å². The first-order chi connectivity index (χ1) is 6.45. The minimum atomic E-state index is -0.833. The molecule has 0 aromatic carbocycles. The summed E-state index contributed by atoms with van der Waals surface area (Å²) in [6, 6.07) is 0. The van der Waals surface area contributed by atoms with Crippen molar-refractivity contribution in [3.8, 4) is 0 Å². The quantitative estimate of drug-likeness (QED) is 0.745. The fourth-order valence-corrected chi connectivity index (χ4v) is 2.50. The zero-order chi connectivity index (χ0) is 10.8. The Morgan fingerprint density at radius 3 is 2.14 bits per heavy atom. The zero-order valence-corrected chi connectivity index (χ0v) is 9.72. The van der Waals surface area contributed by atoms with Crippen LogP contribution in [0, 0.1) is 11.8 Å². The van der Waals surface area contributed by atoms with Crippen molar-refractivity contribution in [2.24, 2.45) is 17.6 Å². The Morgan fingerprint density at radius 1 is 1.29 bits per heavy atom. The highest BCUT2D eigenvalue weighted by molar-refractivity contribution is 4.89. The predicted octanol–water partition coefficient (Wildman–Crippen LogP) is 3.28. The van der Waals surface area contributed by atoms with Gasteiger partial charge in [0.05, 0.1) is 0 Å². The largest absolute Gasteiger partial charge is 0.323 e. The summed E-state index contributed by atoms with van der Waals surface area (Å²) >= 11 is 0. The lowest BCUT2D eigenvalue weighted by Crippen LogP contribution is -2.47. The Hall–Kier alpha value is -0.110. The van der Waals surface area contributed by atoms with Crippen molar-refractivity contribution in [1.29, 1.82) is 0 Å². The van der Waals surface area contributed by atoms with Gasteiger partial charge < -0.3 is 5.73 Å². The van der Waals surface area contributed by atoms with Crippen LogP contribution in [0.15, 0.2) is 0 Å². The number of hydrogen-bond acceptors (Lipinski definition) is 1. The third-order valence-electron chi connectivity index (χ3n) is 3.59. The molecule has 0 amide bonds. The van der Waals surface area contributed by atoms with Crippen LogP contribution in [0.5, 0.6) is 0 Å². The van der Waals surface area contributed by atoms with Gasteiger partial charge in [-0.05, 0) is 38.5 Å². The van der Waals surface area contributed by atoms with E-state index in [1.165, 1.54) is 19.3 Å². The molecule has 1 aliphatic carbocycles. The molecule has 1 atom stereocenters. The van der Waals surface area contributed by atoms with Crippen LogP contribution < -0.4 is 5.73 Å². The maximum Gasteiger partial charge on any atom is 0.120 e. The highest BCUT2D eigenvalue weighted by Crippen LogP contribution is 2.35. The van der Waals surface area contributed by atoms with Gasteiger partial charge in [0.2, 0.25) is 0 Å². The van der Waals surface area contributed by atoms with E-state index in [0.717, 1.165) is 18.8 Å². The smallest absolute Gasteiger partial charge is 0.120 e. The summed E-state index contributed by atoms with van der Waals surface area (Å²) in [6.07, 6.45) is 4.85. The first kappa shape index (κ1) is 12.0. The summed E-state index contributed by atoms with van der Waals surface area (Å²) in [5.74, 6) is 1.04. The Balaban J connectivity index is 2.42. The summed E-state index contributed by atoms with van der Waals surface area (Å²) in [7, 11) is 0. The molecule has 0 radical (unpaired) electrons. The summed E-state index contributed by atoms with van der Waals surface area (Å²) in [5.41, 5.74) is 5.14. The molecule has 1 unspecified atom stereocenters. The van der Waals surface area contributed by atoms with Gasteiger partial charge in [0.25, 0.3) is 0 Å². The van der Waals surface area contributed by atoms with Crippen LogP contribution >= 0.6 is 0 Å².